The molecule has 0 atom stereocenters. The van der Waals surface area contributed by atoms with Crippen molar-refractivity contribution in [3.63, 3.8) is 0 Å². The van der Waals surface area contributed by atoms with Crippen LogP contribution >= 0.6 is 0 Å². The van der Waals surface area contributed by atoms with Gasteiger partial charge in [0, 0.05) is 19.6 Å². The maximum atomic E-state index is 12.9. The quantitative estimate of drug-likeness (QED) is 0.783. The van der Waals surface area contributed by atoms with E-state index in [0.717, 1.165) is 31.7 Å². The molecule has 0 saturated heterocycles. The number of halogens is 1. The van der Waals surface area contributed by atoms with E-state index in [1.165, 1.54) is 12.1 Å². The molecule has 0 aliphatic carbocycles. The van der Waals surface area contributed by atoms with E-state index in [0.29, 0.717) is 5.92 Å². The van der Waals surface area contributed by atoms with E-state index in [1.807, 2.05) is 12.1 Å². The molecule has 0 aromatic heterocycles. The molecule has 0 aliphatic rings. The van der Waals surface area contributed by atoms with Crippen molar-refractivity contribution in [3.05, 3.63) is 35.6 Å². The van der Waals surface area contributed by atoms with Crippen molar-refractivity contribution in [1.29, 1.82) is 0 Å². The Morgan fingerprint density at radius 3 is 2.35 bits per heavy atom. The molecule has 1 aromatic carbocycles. The topological polar surface area (TPSA) is 15.3 Å². The molecular weight excluding hydrogens is 251 g/mol. The molecule has 20 heavy (non-hydrogen) atoms. The van der Waals surface area contributed by atoms with Gasteiger partial charge in [-0.25, -0.2) is 4.39 Å². The minimum Gasteiger partial charge on any atom is -0.316 e. The van der Waals surface area contributed by atoms with Crippen LogP contribution in [0.3, 0.4) is 0 Å². The van der Waals surface area contributed by atoms with Crippen LogP contribution in [0.1, 0.15) is 33.3 Å². The third-order valence-corrected chi connectivity index (χ3v) is 3.22. The molecule has 1 N–H and O–H groups in total. The third-order valence-electron chi connectivity index (χ3n) is 3.22. The van der Waals surface area contributed by atoms with Crippen LogP contribution in [0.25, 0.3) is 0 Å². The van der Waals surface area contributed by atoms with Gasteiger partial charge >= 0.3 is 0 Å². The summed E-state index contributed by atoms with van der Waals surface area (Å²) in [5.41, 5.74) is 1.38. The van der Waals surface area contributed by atoms with Gasteiger partial charge in [0.1, 0.15) is 5.82 Å². The summed E-state index contributed by atoms with van der Waals surface area (Å²) in [6.07, 6.45) is 0. The van der Waals surface area contributed by atoms with E-state index in [1.54, 1.807) is 0 Å². The predicted octanol–water partition coefficient (Wildman–Crippen LogP) is 3.53. The van der Waals surface area contributed by atoms with Gasteiger partial charge in [0.15, 0.2) is 0 Å². The van der Waals surface area contributed by atoms with E-state index in [9.17, 15) is 4.39 Å². The average molecular weight is 280 g/mol. The van der Waals surface area contributed by atoms with Gasteiger partial charge in [-0.1, -0.05) is 39.8 Å². The molecule has 0 unspecified atom stereocenters. The highest BCUT2D eigenvalue weighted by Gasteiger charge is 2.19. The van der Waals surface area contributed by atoms with Gasteiger partial charge in [0.25, 0.3) is 0 Å². The molecule has 0 radical (unpaired) electrons. The zero-order valence-electron chi connectivity index (χ0n) is 13.5. The summed E-state index contributed by atoms with van der Waals surface area (Å²) >= 11 is 0. The smallest absolute Gasteiger partial charge is 0.123 e. The largest absolute Gasteiger partial charge is 0.316 e. The van der Waals surface area contributed by atoms with Crippen LogP contribution in [0.2, 0.25) is 0 Å². The minimum atomic E-state index is -0.172. The van der Waals surface area contributed by atoms with E-state index < -0.39 is 0 Å². The monoisotopic (exact) mass is 280 g/mol. The normalized spacial score (nSPS) is 12.4. The molecular formula is C17H29FN2. The van der Waals surface area contributed by atoms with Crippen LogP contribution in [-0.4, -0.2) is 31.6 Å². The number of rotatable bonds is 8. The first-order valence-corrected chi connectivity index (χ1v) is 7.42. The number of hydrogen-bond acceptors (Lipinski definition) is 2. The lowest BCUT2D eigenvalue weighted by atomic mass is 9.92. The molecule has 0 amide bonds. The summed E-state index contributed by atoms with van der Waals surface area (Å²) in [7, 11) is 2.12. The second-order valence-corrected chi connectivity index (χ2v) is 6.99. The average Bonchev–Trinajstić information content (AvgIpc) is 2.30. The summed E-state index contributed by atoms with van der Waals surface area (Å²) in [4.78, 5) is 2.30. The summed E-state index contributed by atoms with van der Waals surface area (Å²) in [5.74, 6) is 0.511. The van der Waals surface area contributed by atoms with Gasteiger partial charge < -0.3 is 10.2 Å². The summed E-state index contributed by atoms with van der Waals surface area (Å²) in [5, 5.41) is 3.53. The van der Waals surface area contributed by atoms with E-state index >= 15 is 0 Å². The Bertz CT molecular complexity index is 384. The molecule has 114 valence electrons. The van der Waals surface area contributed by atoms with Crippen molar-refractivity contribution in [1.82, 2.24) is 10.2 Å². The number of nitrogens with one attached hydrogen (secondary N) is 1. The van der Waals surface area contributed by atoms with E-state index in [-0.39, 0.29) is 11.2 Å². The molecule has 0 fully saturated rings. The number of benzene rings is 1. The van der Waals surface area contributed by atoms with E-state index in [2.05, 4.69) is 45.0 Å². The maximum absolute atomic E-state index is 12.9. The van der Waals surface area contributed by atoms with E-state index in [4.69, 9.17) is 0 Å². The third kappa shape index (κ3) is 7.01. The highest BCUT2D eigenvalue weighted by Crippen LogP contribution is 2.17. The van der Waals surface area contributed by atoms with Crippen LogP contribution in [0.15, 0.2) is 24.3 Å². The fraction of sp³-hybridized carbons (Fsp3) is 0.647. The van der Waals surface area contributed by atoms with Crippen molar-refractivity contribution < 1.29 is 4.39 Å². The molecule has 0 saturated carbocycles. The Balaban J connectivity index is 2.39. The van der Waals surface area contributed by atoms with Gasteiger partial charge in [-0.15, -0.1) is 0 Å². The van der Waals surface area contributed by atoms with Gasteiger partial charge in [-0.3, -0.25) is 0 Å². The highest BCUT2D eigenvalue weighted by atomic mass is 19.1. The fourth-order valence-electron chi connectivity index (χ4n) is 2.44. The van der Waals surface area contributed by atoms with Crippen LogP contribution < -0.4 is 5.32 Å². The van der Waals surface area contributed by atoms with Crippen molar-refractivity contribution in [2.75, 3.05) is 26.7 Å². The lowest BCUT2D eigenvalue weighted by Gasteiger charge is -2.31. The second-order valence-electron chi connectivity index (χ2n) is 6.99. The SMILES string of the molecule is CC(C)CNCC(C)(C)CN(C)Cc1ccc(F)cc1. The minimum absolute atomic E-state index is 0.172. The summed E-state index contributed by atoms with van der Waals surface area (Å²) in [6.45, 7) is 12.9. The van der Waals surface area contributed by atoms with Crippen molar-refractivity contribution in [2.45, 2.75) is 34.2 Å². The molecule has 3 heteroatoms. The maximum Gasteiger partial charge on any atom is 0.123 e. The first kappa shape index (κ1) is 17.1. The van der Waals surface area contributed by atoms with Crippen LogP contribution in [-0.2, 0) is 6.54 Å². The molecule has 0 aliphatic heterocycles. The molecule has 0 bridgehead atoms. The fourth-order valence-corrected chi connectivity index (χ4v) is 2.44. The molecule has 0 spiro atoms. The zero-order valence-corrected chi connectivity index (χ0v) is 13.5. The van der Waals surface area contributed by atoms with Gasteiger partial charge in [-0.05, 0) is 42.6 Å². The van der Waals surface area contributed by atoms with Crippen LogP contribution in [0, 0.1) is 17.2 Å². The molecule has 2 nitrogen and oxygen atoms in total. The number of hydrogen-bond donors (Lipinski definition) is 1. The Morgan fingerprint density at radius 2 is 1.80 bits per heavy atom. The highest BCUT2D eigenvalue weighted by molar-refractivity contribution is 5.15. The predicted molar refractivity (Wildman–Crippen MR) is 84.2 cm³/mol. The summed E-state index contributed by atoms with van der Waals surface area (Å²) < 4.78 is 12.9. The Hall–Kier alpha value is -0.930. The molecule has 1 rings (SSSR count). The van der Waals surface area contributed by atoms with Crippen LogP contribution in [0.4, 0.5) is 4.39 Å². The van der Waals surface area contributed by atoms with Crippen LogP contribution in [0.5, 0.6) is 0 Å². The first-order chi connectivity index (χ1) is 9.28. The second kappa shape index (κ2) is 7.75. The van der Waals surface area contributed by atoms with Gasteiger partial charge in [0.2, 0.25) is 0 Å². The van der Waals surface area contributed by atoms with Crippen molar-refractivity contribution in [3.8, 4) is 0 Å². The van der Waals surface area contributed by atoms with Crippen molar-refractivity contribution in [2.24, 2.45) is 11.3 Å². The van der Waals surface area contributed by atoms with Crippen molar-refractivity contribution >= 4 is 0 Å². The zero-order chi connectivity index (χ0) is 15.2. The standard InChI is InChI=1S/C17H29FN2/c1-14(2)10-19-12-17(3,4)13-20(5)11-15-6-8-16(18)9-7-15/h6-9,14,19H,10-13H2,1-5H3. The lowest BCUT2D eigenvalue weighted by molar-refractivity contribution is 0.197. The molecule has 1 aromatic rings. The van der Waals surface area contributed by atoms with Gasteiger partial charge in [-0.2, -0.15) is 0 Å². The number of nitrogens with zero attached hydrogens (tertiary/aromatic N) is 1. The Kier molecular flexibility index (Phi) is 6.63. The lowest BCUT2D eigenvalue weighted by Crippen LogP contribution is -2.39. The molecule has 0 heterocycles. The Labute approximate surface area is 123 Å². The van der Waals surface area contributed by atoms with Gasteiger partial charge in [0.05, 0.1) is 0 Å². The first-order valence-electron chi connectivity index (χ1n) is 7.42. The Morgan fingerprint density at radius 1 is 1.20 bits per heavy atom. The summed E-state index contributed by atoms with van der Waals surface area (Å²) in [6, 6.07) is 6.77.